The van der Waals surface area contributed by atoms with Crippen molar-refractivity contribution in [1.29, 1.82) is 0 Å². The molecule has 0 aromatic carbocycles. The van der Waals surface area contributed by atoms with Crippen molar-refractivity contribution in [1.82, 2.24) is 93.5 Å². The van der Waals surface area contributed by atoms with Crippen LogP contribution in [0.2, 0.25) is 0 Å². The quantitative estimate of drug-likeness (QED) is 0.0803. The average molecular weight is 1540 g/mol. The normalized spacial score (nSPS) is 15.4. The lowest BCUT2D eigenvalue weighted by Crippen LogP contribution is -2.18. The molecule has 572 valence electrons. The van der Waals surface area contributed by atoms with E-state index in [2.05, 4.69) is 194 Å². The highest BCUT2D eigenvalue weighted by molar-refractivity contribution is 6.12. The Labute approximate surface area is 662 Å². The highest BCUT2D eigenvalue weighted by atomic mass is 16.3. The number of pyridine rings is 7. The van der Waals surface area contributed by atoms with E-state index in [1.54, 1.807) is 74.4 Å². The van der Waals surface area contributed by atoms with E-state index in [0.717, 1.165) is 201 Å². The lowest BCUT2D eigenvalue weighted by Gasteiger charge is -2.25. The van der Waals surface area contributed by atoms with Crippen LogP contribution in [0.15, 0.2) is 241 Å². The van der Waals surface area contributed by atoms with Gasteiger partial charge in [-0.3, -0.25) is 84.2 Å². The molecule has 0 saturated heterocycles. The highest BCUT2D eigenvalue weighted by Gasteiger charge is 2.28. The van der Waals surface area contributed by atoms with E-state index in [9.17, 15) is 0 Å². The minimum absolute atomic E-state index is 0.0314. The summed E-state index contributed by atoms with van der Waals surface area (Å²) in [6.45, 7) is 9.46. The fourth-order valence-electron chi connectivity index (χ4n) is 14.4. The third kappa shape index (κ3) is 15.2. The van der Waals surface area contributed by atoms with Gasteiger partial charge < -0.3 is 40.1 Å². The SMILES string of the molecule is CC1=CC(CC2N=Nc3ncc(NC4=NCc5cccnc54)cc32)=NC1.Cc1cc(Cn2cc3ncc(NC4=NCc5nccnc54)cc3n2)co1.Cn1ccc2ncc(NC3=NCc4cccnc43)cc21.Cn1ccc2ncc(NC3=NCc4nccnc43)cc21.c1cnc2c(n1)CN=C2Nc1cnc2cnn(CC3CCC3)c2c1. The molecule has 7 aliphatic heterocycles. The number of fused-ring (bicyclic) bond motifs is 10. The van der Waals surface area contributed by atoms with Crippen molar-refractivity contribution < 1.29 is 4.42 Å². The number of anilines is 5. The summed E-state index contributed by atoms with van der Waals surface area (Å²) in [5, 5.41) is 34.2. The van der Waals surface area contributed by atoms with Gasteiger partial charge in [-0.2, -0.15) is 15.3 Å². The molecule has 33 nitrogen and oxygen atoms in total. The molecule has 1 atom stereocenters. The van der Waals surface area contributed by atoms with Crippen molar-refractivity contribution in [3.8, 4) is 0 Å². The Morgan fingerprint density at radius 3 is 1.49 bits per heavy atom. The van der Waals surface area contributed by atoms with E-state index in [1.165, 1.54) is 24.8 Å². The van der Waals surface area contributed by atoms with Gasteiger partial charge in [0.05, 0.1) is 169 Å². The third-order valence-electron chi connectivity index (χ3n) is 20.6. The molecule has 1 fully saturated rings. The summed E-state index contributed by atoms with van der Waals surface area (Å²) in [6.07, 6.45) is 39.0. The maximum atomic E-state index is 5.34. The molecular weight excluding hydrogens is 1460 g/mol. The van der Waals surface area contributed by atoms with E-state index in [-0.39, 0.29) is 6.04 Å². The van der Waals surface area contributed by atoms with Crippen LogP contribution >= 0.6 is 0 Å². The lowest BCUT2D eigenvalue weighted by atomic mass is 9.85. The summed E-state index contributed by atoms with van der Waals surface area (Å²) in [5.41, 5.74) is 25.9. The van der Waals surface area contributed by atoms with Gasteiger partial charge in [0.15, 0.2) is 35.0 Å². The van der Waals surface area contributed by atoms with Crippen molar-refractivity contribution in [2.45, 2.75) is 91.4 Å². The van der Waals surface area contributed by atoms with E-state index in [4.69, 9.17) is 4.42 Å². The summed E-state index contributed by atoms with van der Waals surface area (Å²) in [5.74, 6) is 6.15. The van der Waals surface area contributed by atoms with Crippen molar-refractivity contribution in [2.24, 2.45) is 60.2 Å². The first-order valence-electron chi connectivity index (χ1n) is 38.0. The van der Waals surface area contributed by atoms with Gasteiger partial charge in [0.2, 0.25) is 0 Å². The van der Waals surface area contributed by atoms with Crippen LogP contribution in [0.4, 0.5) is 34.3 Å². The number of aliphatic imine (C=N–C) groups is 6. The highest BCUT2D eigenvalue weighted by Crippen LogP contribution is 2.39. The predicted octanol–water partition coefficient (Wildman–Crippen LogP) is 12.8. The Morgan fingerprint density at radius 1 is 0.457 bits per heavy atom. The Balaban J connectivity index is 0.0000000972. The third-order valence-corrected chi connectivity index (χ3v) is 20.6. The maximum absolute atomic E-state index is 5.34. The second kappa shape index (κ2) is 31.3. The molecule has 5 N–H and O–H groups in total. The Hall–Kier alpha value is -15.1. The second-order valence-corrected chi connectivity index (χ2v) is 28.8. The van der Waals surface area contributed by atoms with Gasteiger partial charge in [-0.1, -0.05) is 24.1 Å². The molecule has 8 aliphatic rings. The van der Waals surface area contributed by atoms with Gasteiger partial charge in [0.25, 0.3) is 0 Å². The number of nitrogens with one attached hydrogen (secondary N) is 5. The molecule has 0 bridgehead atoms. The molecule has 1 saturated carbocycles. The molecule has 0 radical (unpaired) electrons. The first kappa shape index (κ1) is 71.3. The Bertz CT molecular complexity index is 6440. The molecule has 116 heavy (non-hydrogen) atoms. The first-order chi connectivity index (χ1) is 57.0. The predicted molar refractivity (Wildman–Crippen MR) is 442 cm³/mol. The topological polar surface area (TPSA) is 385 Å². The van der Waals surface area contributed by atoms with Gasteiger partial charge in [-0.05, 0) is 99.3 Å². The van der Waals surface area contributed by atoms with Crippen LogP contribution in [-0.4, -0.2) is 135 Å². The van der Waals surface area contributed by atoms with Crippen LogP contribution in [0.5, 0.6) is 0 Å². The summed E-state index contributed by atoms with van der Waals surface area (Å²) in [4.78, 5) is 84.0. The number of hydrogen-bond acceptors (Lipinski definition) is 29. The molecule has 0 spiro atoms. The largest absolute Gasteiger partial charge is 0.469 e. The monoisotopic (exact) mass is 1530 g/mol. The number of hydrogen-bond donors (Lipinski definition) is 5. The Kier molecular flexibility index (Phi) is 19.2. The van der Waals surface area contributed by atoms with E-state index in [0.29, 0.717) is 50.9 Å². The summed E-state index contributed by atoms with van der Waals surface area (Å²) < 4.78 is 13.4. The maximum Gasteiger partial charge on any atom is 0.179 e. The number of amidine groups is 5. The van der Waals surface area contributed by atoms with Crippen LogP contribution in [-0.2, 0) is 59.9 Å². The molecule has 1 unspecified atom stereocenters. The van der Waals surface area contributed by atoms with E-state index >= 15 is 0 Å². The zero-order valence-corrected chi connectivity index (χ0v) is 63.5. The number of furan rings is 1. The second-order valence-electron chi connectivity index (χ2n) is 28.8. The van der Waals surface area contributed by atoms with Gasteiger partial charge in [-0.25, -0.2) is 19.9 Å². The minimum Gasteiger partial charge on any atom is -0.469 e. The summed E-state index contributed by atoms with van der Waals surface area (Å²) in [6, 6.07) is 24.2. The fourth-order valence-corrected chi connectivity index (χ4v) is 14.4. The number of rotatable bonds is 11. The van der Waals surface area contributed by atoms with Crippen LogP contribution in [0.25, 0.3) is 44.1 Å². The van der Waals surface area contributed by atoms with E-state index in [1.807, 2.05) is 110 Å². The average Bonchev–Trinajstić information content (AvgIpc) is 1.67. The molecule has 1 aliphatic carbocycles. The Morgan fingerprint density at radius 2 is 0.957 bits per heavy atom. The van der Waals surface area contributed by atoms with Crippen molar-refractivity contribution in [3.05, 3.63) is 270 Å². The van der Waals surface area contributed by atoms with Gasteiger partial charge in [0.1, 0.15) is 56.8 Å². The number of azo groups is 1. The first-order valence-corrected chi connectivity index (χ1v) is 38.0. The molecule has 15 aromatic rings. The summed E-state index contributed by atoms with van der Waals surface area (Å²) >= 11 is 0. The molecular formula is C83H74N32O. The van der Waals surface area contributed by atoms with Crippen LogP contribution < -0.4 is 26.6 Å². The van der Waals surface area contributed by atoms with Crippen molar-refractivity contribution in [3.63, 3.8) is 0 Å². The molecule has 22 heterocycles. The van der Waals surface area contributed by atoms with Crippen LogP contribution in [0, 0.1) is 12.8 Å². The number of aromatic nitrogens is 19. The number of nitrogens with zero attached hydrogens (tertiary/aromatic N) is 27. The molecule has 33 heteroatoms. The lowest BCUT2D eigenvalue weighted by molar-refractivity contribution is 0.270. The van der Waals surface area contributed by atoms with Gasteiger partial charge in [-0.15, -0.1) is 5.11 Å². The van der Waals surface area contributed by atoms with Gasteiger partial charge >= 0.3 is 0 Å². The van der Waals surface area contributed by atoms with Crippen molar-refractivity contribution in [2.75, 3.05) is 33.1 Å². The van der Waals surface area contributed by atoms with E-state index < -0.39 is 0 Å². The zero-order chi connectivity index (χ0) is 78.0. The molecule has 23 rings (SSSR count). The van der Waals surface area contributed by atoms with Crippen LogP contribution in [0.3, 0.4) is 0 Å². The number of allylic oxidation sites excluding steroid dienone is 1. The van der Waals surface area contributed by atoms with Crippen LogP contribution in [0.1, 0.15) is 112 Å². The fraction of sp³-hybridized carbons (Fsp3) is 0.217. The molecule has 15 aromatic heterocycles. The zero-order valence-electron chi connectivity index (χ0n) is 63.5. The molecule has 0 amide bonds. The smallest absolute Gasteiger partial charge is 0.179 e. The minimum atomic E-state index is -0.0314. The standard InChI is InChI=1S/C19H17N7.C18H15N7O.C17H17N7.C15H13N5.C14H12N6/c1-11-5-13(21-8-11)7-16-15-6-14(10-23-18(15)26-25-16)24-19-17-12(9-22-19)3-2-4-20-17;1-11-4-12(10-26-11)8-25-9-16-14(24-25)5-13(6-21-16)23-18-17-15(7-22-18)19-2-3-20-17;1-2-11(3-1)10-24-15-6-12(7-20-13(15)9-22-24)23-17-16-14(8-21-17)18-4-5-19-16;1-20-6-4-12-13(20)7-11(9-17-12)19-15-14-10(8-18-15)3-2-5-16-14;1-20-5-2-10-12(20)6-9(7-17-10)19-14-13-11(8-18-14)15-3-4-16-13/h2-6,10,16H,7-9H2,1H3,(H,22,24);2-6,9-10H,7-8H2,1H3,(H,22,23);4-7,9,11H,1-3,8,10H2,(H,21,23);2-7,9H,8H2,1H3,(H,18,19);2-7H,8H2,1H3,(H,18,19). The number of aryl methyl sites for hydroxylation is 3. The van der Waals surface area contributed by atoms with Gasteiger partial charge in [0, 0.05) is 117 Å². The van der Waals surface area contributed by atoms with Crippen molar-refractivity contribution >= 4 is 113 Å². The summed E-state index contributed by atoms with van der Waals surface area (Å²) in [7, 11) is 4.01.